The van der Waals surface area contributed by atoms with Crippen molar-refractivity contribution in [3.63, 3.8) is 0 Å². The van der Waals surface area contributed by atoms with Gasteiger partial charge in [0.25, 0.3) is 0 Å². The van der Waals surface area contributed by atoms with E-state index in [1.807, 2.05) is 48.5 Å². The first-order chi connectivity index (χ1) is 45.2. The summed E-state index contributed by atoms with van der Waals surface area (Å²) in [4.78, 5) is 0. The summed E-state index contributed by atoms with van der Waals surface area (Å²) in [6.45, 7) is 32.9. The summed E-state index contributed by atoms with van der Waals surface area (Å²) < 4.78 is 77.9. The second kappa shape index (κ2) is 28.9. The minimum atomic E-state index is -1.95. The van der Waals surface area contributed by atoms with Gasteiger partial charge >= 0.3 is 16.5 Å². The summed E-state index contributed by atoms with van der Waals surface area (Å²) in [7, 11) is -11.4. The highest BCUT2D eigenvalue weighted by atomic mass is 31.1. The lowest BCUT2D eigenvalue weighted by Crippen LogP contribution is -2.38. The molecule has 0 atom stereocenters. The second-order valence-electron chi connectivity index (χ2n) is 28.0. The average Bonchev–Trinajstić information content (AvgIpc) is 1.39. The molecule has 18 heteroatoms. The lowest BCUT2D eigenvalue weighted by atomic mass is 9.98. The molecule has 0 saturated heterocycles. The van der Waals surface area contributed by atoms with Gasteiger partial charge < -0.3 is 45.2 Å². The van der Waals surface area contributed by atoms with Crippen molar-refractivity contribution in [3.05, 3.63) is 170 Å². The fourth-order valence-corrected chi connectivity index (χ4v) is 20.6. The molecule has 0 fully saturated rings. The van der Waals surface area contributed by atoms with Gasteiger partial charge in [0, 0.05) is 32.7 Å². The normalized spacial score (nSPS) is 12.6. The molecular formula is C76H88O12P2Si4. The quantitative estimate of drug-likeness (QED) is 0.0359. The number of hydrogen-bond donors (Lipinski definition) is 0. The highest BCUT2D eigenvalue weighted by Crippen LogP contribution is 2.44. The van der Waals surface area contributed by atoms with E-state index in [4.69, 9.17) is 54.3 Å². The van der Waals surface area contributed by atoms with Crippen LogP contribution in [0.15, 0.2) is 187 Å². The first kappa shape index (κ1) is 67.3. The number of ether oxygens (including phenoxy) is 6. The van der Waals surface area contributed by atoms with Crippen LogP contribution in [-0.4, -0.2) is 112 Å². The Balaban J connectivity index is 0.616. The van der Waals surface area contributed by atoms with Gasteiger partial charge in [0.15, 0.2) is 0 Å². The van der Waals surface area contributed by atoms with Crippen molar-refractivity contribution >= 4 is 156 Å². The van der Waals surface area contributed by atoms with Crippen molar-refractivity contribution in [2.75, 3.05) is 79.3 Å². The van der Waals surface area contributed by atoms with E-state index < -0.39 is 48.8 Å². The molecule has 2 heterocycles. The van der Waals surface area contributed by atoms with Crippen molar-refractivity contribution in [2.45, 2.75) is 78.6 Å². The Morgan fingerprint density at radius 1 is 0.277 bits per heavy atom. The third-order valence-corrected chi connectivity index (χ3v) is 27.1. The summed E-state index contributed by atoms with van der Waals surface area (Å²) >= 11 is 0. The Kier molecular flexibility index (Phi) is 20.7. The van der Waals surface area contributed by atoms with Gasteiger partial charge in [0.05, 0.1) is 98.4 Å². The maximum Gasteiger partial charge on any atom is 0.387 e. The summed E-state index contributed by atoms with van der Waals surface area (Å²) in [6.07, 6.45) is 0. The molecule has 0 bridgehead atoms. The Labute approximate surface area is 557 Å². The van der Waals surface area contributed by atoms with Crippen LogP contribution in [-0.2, 0) is 18.9 Å². The van der Waals surface area contributed by atoms with Gasteiger partial charge in [-0.3, -0.25) is 9.05 Å². The van der Waals surface area contributed by atoms with E-state index in [2.05, 4.69) is 200 Å². The van der Waals surface area contributed by atoms with Gasteiger partial charge in [-0.25, -0.2) is 0 Å². The zero-order chi connectivity index (χ0) is 65.8. The van der Waals surface area contributed by atoms with E-state index in [0.29, 0.717) is 79.3 Å². The third-order valence-electron chi connectivity index (χ3n) is 17.0. The van der Waals surface area contributed by atoms with E-state index >= 15 is 0 Å². The Hall–Kier alpha value is -6.73. The van der Waals surface area contributed by atoms with Gasteiger partial charge in [-0.15, -0.1) is 0 Å². The van der Waals surface area contributed by atoms with Crippen LogP contribution in [0.2, 0.25) is 78.6 Å². The first-order valence-electron chi connectivity index (χ1n) is 32.8. The predicted octanol–water partition coefficient (Wildman–Crippen LogP) is 18.4. The molecule has 0 aliphatic carbocycles. The van der Waals surface area contributed by atoms with Crippen molar-refractivity contribution in [2.24, 2.45) is 0 Å². The number of para-hydroxylation sites is 2. The van der Waals surface area contributed by atoms with Crippen molar-refractivity contribution < 1.29 is 54.3 Å². The van der Waals surface area contributed by atoms with Crippen LogP contribution < -0.4 is 39.3 Å². The second-order valence-corrected chi connectivity index (χ2v) is 50.3. The lowest BCUT2D eigenvalue weighted by Gasteiger charge is -2.20. The van der Waals surface area contributed by atoms with Crippen LogP contribution >= 0.6 is 16.5 Å². The summed E-state index contributed by atoms with van der Waals surface area (Å²) in [5, 5.41) is 18.8. The Morgan fingerprint density at radius 3 is 0.787 bits per heavy atom. The van der Waals surface area contributed by atoms with Gasteiger partial charge in [0.1, 0.15) is 47.0 Å². The highest BCUT2D eigenvalue weighted by molar-refractivity contribution is 7.32. The molecule has 0 spiro atoms. The number of hydrogen-bond acceptors (Lipinski definition) is 12. The molecular weight excluding hydrogens is 1280 g/mol. The molecule has 0 saturated carbocycles. The SMILES string of the molecule is C[Si](C)(C)c1cc2ccccc2c2c1op(OCCOCCOCCOc1ccccc1-c1ccccc1OCCOCCOCCOp1oc3c([Si](C)(C)C)cc4ccccc4c3c3c(o1)c([Si](C)(C)C)cc1ccccc13)oc1c([Si](C)(C)C)cc3ccccc3c12. The molecule has 0 aliphatic rings. The maximum atomic E-state index is 7.02. The minimum absolute atomic E-state index is 0.296. The minimum Gasteiger partial charge on any atom is -0.491 e. The predicted molar refractivity (Wildman–Crippen MR) is 404 cm³/mol. The van der Waals surface area contributed by atoms with Crippen LogP contribution in [0.5, 0.6) is 11.5 Å². The van der Waals surface area contributed by atoms with Gasteiger partial charge in [-0.1, -0.05) is 236 Å². The molecule has 0 amide bonds. The molecule has 12 rings (SSSR count). The Bertz CT molecular complexity index is 4260. The summed E-state index contributed by atoms with van der Waals surface area (Å²) in [6, 6.07) is 60.0. The molecule has 12 aromatic rings. The average molecular weight is 1370 g/mol. The van der Waals surface area contributed by atoms with Crippen LogP contribution in [0.3, 0.4) is 0 Å². The van der Waals surface area contributed by atoms with E-state index in [9.17, 15) is 0 Å². The van der Waals surface area contributed by atoms with Crippen molar-refractivity contribution in [1.82, 2.24) is 0 Å². The van der Waals surface area contributed by atoms with Crippen LogP contribution in [0.1, 0.15) is 0 Å². The fourth-order valence-electron chi connectivity index (χ4n) is 12.4. The molecule has 0 aliphatic heterocycles. The highest BCUT2D eigenvalue weighted by Gasteiger charge is 2.31. The molecule has 0 N–H and O–H groups in total. The maximum absolute atomic E-state index is 7.02. The zero-order valence-corrected chi connectivity index (χ0v) is 62.2. The standard InChI is InChI=1S/C76H88O12P2Si4/c1-91(2,3)65-49-53-25-13-17-29-57(53)69-70-58-30-18-14-26-54(58)50-66(92(4,5)6)74(70)86-89(85-73(65)69)83-47-43-79-39-37-77-41-45-81-63-35-23-21-33-61(63)62-34-22-24-36-64(62)82-46-42-78-38-40-80-44-48-84-90-87-75-67(93(7,8)9)51-55-27-15-19-31-59(55)71(75)72-60-32-20-16-28-56(60)52-68(76(72)88-90)94(10,11)12/h13-36,49-52H,37-48H2,1-12H3. The molecule has 12 nitrogen and oxygen atoms in total. The van der Waals surface area contributed by atoms with E-state index in [0.717, 1.165) is 88.0 Å². The van der Waals surface area contributed by atoms with E-state index in [1.165, 1.54) is 42.3 Å². The zero-order valence-electron chi connectivity index (χ0n) is 56.4. The number of rotatable bonds is 27. The number of benzene rings is 10. The lowest BCUT2D eigenvalue weighted by molar-refractivity contribution is 0.0303. The molecule has 94 heavy (non-hydrogen) atoms. The molecule has 2 aromatic heterocycles. The largest absolute Gasteiger partial charge is 0.491 e. The van der Waals surface area contributed by atoms with Gasteiger partial charge in [0.2, 0.25) is 0 Å². The van der Waals surface area contributed by atoms with Gasteiger partial charge in [-0.05, 0) is 76.0 Å². The van der Waals surface area contributed by atoms with Crippen LogP contribution in [0.4, 0.5) is 0 Å². The van der Waals surface area contributed by atoms with E-state index in [1.54, 1.807) is 0 Å². The molecule has 0 radical (unpaired) electrons. The van der Waals surface area contributed by atoms with Crippen molar-refractivity contribution in [3.8, 4) is 22.6 Å². The monoisotopic (exact) mass is 1370 g/mol. The topological polar surface area (TPSA) is 126 Å². The Morgan fingerprint density at radius 2 is 0.511 bits per heavy atom. The summed E-state index contributed by atoms with van der Waals surface area (Å²) in [5.41, 5.74) is 5.36. The number of fused-ring (bicyclic) bond motifs is 14. The smallest absolute Gasteiger partial charge is 0.387 e. The third kappa shape index (κ3) is 14.9. The van der Waals surface area contributed by atoms with Crippen LogP contribution in [0, 0.1) is 0 Å². The van der Waals surface area contributed by atoms with Gasteiger partial charge in [-0.2, -0.15) is 0 Å². The fraction of sp³-hybridized carbons (Fsp3) is 0.316. The molecule has 490 valence electrons. The molecule has 10 aromatic carbocycles. The summed E-state index contributed by atoms with van der Waals surface area (Å²) in [5.74, 6) is 1.47. The van der Waals surface area contributed by atoms with Crippen molar-refractivity contribution in [1.29, 1.82) is 0 Å². The molecule has 0 unspecified atom stereocenters. The van der Waals surface area contributed by atoms with Crippen LogP contribution in [0.25, 0.3) is 98.1 Å². The first-order valence-corrected chi connectivity index (χ1v) is 49.0. The van der Waals surface area contributed by atoms with E-state index in [-0.39, 0.29) is 0 Å².